The number of rotatable bonds is 0. The maximum Gasteiger partial charge on any atom is 0.165 e. The maximum atomic E-state index is 12.8. The van der Waals surface area contributed by atoms with E-state index < -0.39 is 5.82 Å². The lowest BCUT2D eigenvalue weighted by molar-refractivity contribution is 0.611. The standard InChI is InChI=1S/C6H4BrClFN.C2H6/c1-3-4(7)2-10-6(8)5(3)9;1-2/h2H,1H3;1-2H3. The summed E-state index contributed by atoms with van der Waals surface area (Å²) in [5.41, 5.74) is 0.486. The van der Waals surface area contributed by atoms with Gasteiger partial charge in [-0.3, -0.25) is 0 Å². The number of hydrogen-bond acceptors (Lipinski definition) is 1. The van der Waals surface area contributed by atoms with Crippen LogP contribution in [-0.4, -0.2) is 4.98 Å². The van der Waals surface area contributed by atoms with Gasteiger partial charge in [-0.05, 0) is 22.9 Å². The van der Waals surface area contributed by atoms with Crippen molar-refractivity contribution in [1.82, 2.24) is 4.98 Å². The van der Waals surface area contributed by atoms with Gasteiger partial charge < -0.3 is 0 Å². The fourth-order valence-corrected chi connectivity index (χ4v) is 0.993. The quantitative estimate of drug-likeness (QED) is 0.638. The molecule has 68 valence electrons. The minimum absolute atomic E-state index is 0.0827. The molecule has 0 fully saturated rings. The number of hydrogen-bond donors (Lipinski definition) is 0. The Morgan fingerprint density at radius 3 is 2.42 bits per heavy atom. The zero-order valence-corrected chi connectivity index (χ0v) is 9.50. The fraction of sp³-hybridized carbons (Fsp3) is 0.375. The number of pyridine rings is 1. The van der Waals surface area contributed by atoms with Gasteiger partial charge in [0, 0.05) is 16.2 Å². The van der Waals surface area contributed by atoms with Gasteiger partial charge in [-0.1, -0.05) is 25.4 Å². The first-order chi connectivity index (χ1) is 5.63. The number of aromatic nitrogens is 1. The van der Waals surface area contributed by atoms with E-state index in [4.69, 9.17) is 11.6 Å². The van der Waals surface area contributed by atoms with E-state index in [1.807, 2.05) is 13.8 Å². The summed E-state index contributed by atoms with van der Waals surface area (Å²) in [5.74, 6) is -0.462. The Balaban J connectivity index is 0.000000561. The van der Waals surface area contributed by atoms with Gasteiger partial charge in [0.1, 0.15) is 0 Å². The monoisotopic (exact) mass is 253 g/mol. The molecule has 0 unspecified atom stereocenters. The van der Waals surface area contributed by atoms with Gasteiger partial charge >= 0.3 is 0 Å². The molecule has 1 aromatic rings. The van der Waals surface area contributed by atoms with Crippen molar-refractivity contribution in [3.8, 4) is 0 Å². The minimum Gasteiger partial charge on any atom is -0.240 e. The Morgan fingerprint density at radius 2 is 2.00 bits per heavy atom. The van der Waals surface area contributed by atoms with Crippen LogP contribution in [0.4, 0.5) is 4.39 Å². The second kappa shape index (κ2) is 5.49. The Morgan fingerprint density at radius 1 is 1.50 bits per heavy atom. The summed E-state index contributed by atoms with van der Waals surface area (Å²) in [7, 11) is 0. The highest BCUT2D eigenvalue weighted by atomic mass is 79.9. The molecule has 0 N–H and O–H groups in total. The molecule has 0 aliphatic heterocycles. The summed E-state index contributed by atoms with van der Waals surface area (Å²) in [5, 5.41) is -0.0827. The van der Waals surface area contributed by atoms with E-state index in [1.54, 1.807) is 6.92 Å². The van der Waals surface area contributed by atoms with E-state index in [1.165, 1.54) is 6.20 Å². The Hall–Kier alpha value is -0.150. The van der Waals surface area contributed by atoms with Gasteiger partial charge in [0.15, 0.2) is 11.0 Å². The fourth-order valence-electron chi connectivity index (χ4n) is 0.526. The van der Waals surface area contributed by atoms with Gasteiger partial charge in [0.25, 0.3) is 0 Å². The van der Waals surface area contributed by atoms with Gasteiger partial charge in [0.2, 0.25) is 0 Å². The summed E-state index contributed by atoms with van der Waals surface area (Å²) >= 11 is 8.50. The predicted octanol–water partition coefficient (Wildman–Crippen LogP) is 3.97. The third kappa shape index (κ3) is 2.72. The summed E-state index contributed by atoms with van der Waals surface area (Å²) in [6.07, 6.45) is 1.47. The molecular weight excluding hydrogens is 244 g/mol. The van der Waals surface area contributed by atoms with Crippen molar-refractivity contribution in [3.05, 3.63) is 27.2 Å². The zero-order valence-electron chi connectivity index (χ0n) is 7.16. The lowest BCUT2D eigenvalue weighted by atomic mass is 10.3. The molecule has 0 aromatic carbocycles. The highest BCUT2D eigenvalue weighted by Crippen LogP contribution is 2.21. The lowest BCUT2D eigenvalue weighted by Crippen LogP contribution is -1.88. The van der Waals surface area contributed by atoms with Crippen LogP contribution in [0.3, 0.4) is 0 Å². The van der Waals surface area contributed by atoms with Crippen molar-refractivity contribution in [3.63, 3.8) is 0 Å². The summed E-state index contributed by atoms with van der Waals surface area (Å²) in [4.78, 5) is 3.58. The van der Waals surface area contributed by atoms with Crippen molar-refractivity contribution in [2.75, 3.05) is 0 Å². The average molecular weight is 255 g/mol. The molecule has 12 heavy (non-hydrogen) atoms. The topological polar surface area (TPSA) is 12.9 Å². The molecule has 0 aliphatic rings. The van der Waals surface area contributed by atoms with Crippen LogP contribution in [0.2, 0.25) is 5.15 Å². The maximum absolute atomic E-state index is 12.8. The molecular formula is C8H10BrClFN. The van der Waals surface area contributed by atoms with Crippen molar-refractivity contribution in [1.29, 1.82) is 0 Å². The Labute approximate surface area is 85.1 Å². The molecule has 0 saturated heterocycles. The average Bonchev–Trinajstić information content (AvgIpc) is 2.12. The number of nitrogens with zero attached hydrogens (tertiary/aromatic N) is 1. The third-order valence-electron chi connectivity index (χ3n) is 1.16. The van der Waals surface area contributed by atoms with Gasteiger partial charge in [-0.25, -0.2) is 9.37 Å². The van der Waals surface area contributed by atoms with Crippen molar-refractivity contribution in [2.24, 2.45) is 0 Å². The summed E-state index contributed by atoms with van der Waals surface area (Å²) in [6, 6.07) is 0. The SMILES string of the molecule is CC.Cc1c(Br)cnc(Cl)c1F. The van der Waals surface area contributed by atoms with Crippen LogP contribution < -0.4 is 0 Å². The van der Waals surface area contributed by atoms with Crippen LogP contribution in [0.15, 0.2) is 10.7 Å². The highest BCUT2D eigenvalue weighted by Gasteiger charge is 2.06. The lowest BCUT2D eigenvalue weighted by Gasteiger charge is -1.98. The minimum atomic E-state index is -0.462. The largest absolute Gasteiger partial charge is 0.240 e. The second-order valence-corrected chi connectivity index (χ2v) is 3.05. The summed E-state index contributed by atoms with van der Waals surface area (Å²) in [6.45, 7) is 5.63. The molecule has 1 aromatic heterocycles. The molecule has 0 spiro atoms. The van der Waals surface area contributed by atoms with Crippen molar-refractivity contribution >= 4 is 27.5 Å². The Kier molecular flexibility index (Phi) is 5.42. The van der Waals surface area contributed by atoms with Crippen molar-refractivity contribution in [2.45, 2.75) is 20.8 Å². The van der Waals surface area contributed by atoms with Gasteiger partial charge in [-0.15, -0.1) is 0 Å². The molecule has 1 nitrogen and oxygen atoms in total. The van der Waals surface area contributed by atoms with E-state index in [0.29, 0.717) is 10.0 Å². The molecule has 1 heterocycles. The van der Waals surface area contributed by atoms with Crippen LogP contribution in [0, 0.1) is 12.7 Å². The molecule has 1 rings (SSSR count). The van der Waals surface area contributed by atoms with Crippen LogP contribution in [0.25, 0.3) is 0 Å². The van der Waals surface area contributed by atoms with Crippen LogP contribution in [0.5, 0.6) is 0 Å². The normalized spacial score (nSPS) is 8.83. The highest BCUT2D eigenvalue weighted by molar-refractivity contribution is 9.10. The first-order valence-electron chi connectivity index (χ1n) is 3.59. The molecule has 0 atom stereocenters. The first kappa shape index (κ1) is 11.8. The molecule has 0 radical (unpaired) electrons. The van der Waals surface area contributed by atoms with E-state index in [0.717, 1.165) is 0 Å². The first-order valence-corrected chi connectivity index (χ1v) is 4.76. The van der Waals surface area contributed by atoms with Crippen LogP contribution in [0.1, 0.15) is 19.4 Å². The summed E-state index contributed by atoms with van der Waals surface area (Å²) < 4.78 is 13.4. The van der Waals surface area contributed by atoms with Crippen LogP contribution in [-0.2, 0) is 0 Å². The van der Waals surface area contributed by atoms with Gasteiger partial charge in [0.05, 0.1) is 0 Å². The number of halogens is 3. The molecule has 0 saturated carbocycles. The van der Waals surface area contributed by atoms with E-state index in [-0.39, 0.29) is 5.15 Å². The predicted molar refractivity (Wildman–Crippen MR) is 53.0 cm³/mol. The third-order valence-corrected chi connectivity index (χ3v) is 2.22. The van der Waals surface area contributed by atoms with Crippen LogP contribution >= 0.6 is 27.5 Å². The Bertz CT molecular complexity index is 238. The second-order valence-electron chi connectivity index (χ2n) is 1.84. The molecule has 0 aliphatic carbocycles. The molecule has 0 bridgehead atoms. The van der Waals surface area contributed by atoms with E-state index in [9.17, 15) is 4.39 Å². The van der Waals surface area contributed by atoms with E-state index >= 15 is 0 Å². The smallest absolute Gasteiger partial charge is 0.165 e. The van der Waals surface area contributed by atoms with Crippen molar-refractivity contribution < 1.29 is 4.39 Å². The molecule has 0 amide bonds. The van der Waals surface area contributed by atoms with E-state index in [2.05, 4.69) is 20.9 Å². The zero-order chi connectivity index (χ0) is 9.72. The molecule has 4 heteroatoms. The van der Waals surface area contributed by atoms with Gasteiger partial charge in [-0.2, -0.15) is 0 Å².